The number of carbonyl (C=O) groups excluding carboxylic acids is 2. The minimum atomic E-state index is -0.601. The van der Waals surface area contributed by atoms with Gasteiger partial charge in [-0.25, -0.2) is 4.90 Å². The SMILES string of the molecule is CCOc1ccccc1N1C(=O)CC(Nc2ccc(OC)cc2)C1=O. The third kappa shape index (κ3) is 3.42. The van der Waals surface area contributed by atoms with Gasteiger partial charge in [0.05, 0.1) is 25.8 Å². The first-order valence-corrected chi connectivity index (χ1v) is 8.13. The second-order valence-electron chi connectivity index (χ2n) is 5.60. The third-order valence-electron chi connectivity index (χ3n) is 3.98. The van der Waals surface area contributed by atoms with Crippen molar-refractivity contribution in [1.82, 2.24) is 0 Å². The summed E-state index contributed by atoms with van der Waals surface area (Å²) in [7, 11) is 1.59. The van der Waals surface area contributed by atoms with Crippen LogP contribution in [-0.2, 0) is 9.59 Å². The summed E-state index contributed by atoms with van der Waals surface area (Å²) >= 11 is 0. The van der Waals surface area contributed by atoms with Gasteiger partial charge in [-0.05, 0) is 43.3 Å². The molecule has 0 aromatic heterocycles. The fourth-order valence-electron chi connectivity index (χ4n) is 2.81. The molecule has 0 spiro atoms. The molecule has 1 heterocycles. The summed E-state index contributed by atoms with van der Waals surface area (Å²) < 4.78 is 10.7. The van der Waals surface area contributed by atoms with E-state index >= 15 is 0 Å². The zero-order valence-corrected chi connectivity index (χ0v) is 14.2. The molecule has 3 rings (SSSR count). The van der Waals surface area contributed by atoms with Crippen LogP contribution in [0.1, 0.15) is 13.3 Å². The Morgan fingerprint density at radius 1 is 1.12 bits per heavy atom. The smallest absolute Gasteiger partial charge is 0.256 e. The van der Waals surface area contributed by atoms with Crippen LogP contribution in [0.15, 0.2) is 48.5 Å². The van der Waals surface area contributed by atoms with E-state index in [0.29, 0.717) is 18.0 Å². The number of hydrogen-bond acceptors (Lipinski definition) is 5. The fraction of sp³-hybridized carbons (Fsp3) is 0.263. The van der Waals surface area contributed by atoms with Gasteiger partial charge in [0.15, 0.2) is 0 Å². The molecule has 6 nitrogen and oxygen atoms in total. The van der Waals surface area contributed by atoms with Gasteiger partial charge in [-0.2, -0.15) is 0 Å². The monoisotopic (exact) mass is 340 g/mol. The first kappa shape index (κ1) is 16.8. The zero-order valence-electron chi connectivity index (χ0n) is 14.2. The maximum atomic E-state index is 12.8. The summed E-state index contributed by atoms with van der Waals surface area (Å²) in [5.74, 6) is 0.722. The highest BCUT2D eigenvalue weighted by atomic mass is 16.5. The lowest BCUT2D eigenvalue weighted by Crippen LogP contribution is -2.35. The summed E-state index contributed by atoms with van der Waals surface area (Å²) in [5.41, 5.74) is 1.24. The number of rotatable bonds is 6. The molecule has 1 aliphatic rings. The molecule has 0 saturated carbocycles. The summed E-state index contributed by atoms with van der Waals surface area (Å²) in [6.45, 7) is 2.32. The van der Waals surface area contributed by atoms with Crippen molar-refractivity contribution in [1.29, 1.82) is 0 Å². The van der Waals surface area contributed by atoms with E-state index in [9.17, 15) is 9.59 Å². The molecule has 1 unspecified atom stereocenters. The molecule has 1 N–H and O–H groups in total. The van der Waals surface area contributed by atoms with Gasteiger partial charge >= 0.3 is 0 Å². The molecule has 2 amide bonds. The highest BCUT2D eigenvalue weighted by Gasteiger charge is 2.40. The minimum absolute atomic E-state index is 0.103. The molecule has 0 bridgehead atoms. The predicted molar refractivity (Wildman–Crippen MR) is 95.1 cm³/mol. The number of methoxy groups -OCH3 is 1. The molecule has 6 heteroatoms. The molecular formula is C19H20N2O4. The molecule has 130 valence electrons. The summed E-state index contributed by atoms with van der Waals surface area (Å²) in [4.78, 5) is 26.4. The molecule has 1 saturated heterocycles. The first-order chi connectivity index (χ1) is 12.1. The predicted octanol–water partition coefficient (Wildman–Crippen LogP) is 2.84. The van der Waals surface area contributed by atoms with Crippen molar-refractivity contribution in [2.24, 2.45) is 0 Å². The molecule has 0 radical (unpaired) electrons. The van der Waals surface area contributed by atoms with Crippen molar-refractivity contribution in [2.75, 3.05) is 23.9 Å². The van der Waals surface area contributed by atoms with Crippen LogP contribution in [0.3, 0.4) is 0 Å². The molecule has 2 aromatic carbocycles. The Morgan fingerprint density at radius 2 is 1.84 bits per heavy atom. The Hall–Kier alpha value is -3.02. The number of amides is 2. The van der Waals surface area contributed by atoms with Crippen LogP contribution in [0.25, 0.3) is 0 Å². The van der Waals surface area contributed by atoms with Gasteiger partial charge in [0, 0.05) is 5.69 Å². The van der Waals surface area contributed by atoms with E-state index in [1.54, 1.807) is 37.4 Å². The van der Waals surface area contributed by atoms with Crippen molar-refractivity contribution in [2.45, 2.75) is 19.4 Å². The molecule has 1 atom stereocenters. The van der Waals surface area contributed by atoms with E-state index in [1.807, 2.05) is 25.1 Å². The van der Waals surface area contributed by atoms with Gasteiger partial charge in [0.1, 0.15) is 17.5 Å². The lowest BCUT2D eigenvalue weighted by molar-refractivity contribution is -0.121. The number of anilines is 2. The second-order valence-corrected chi connectivity index (χ2v) is 5.60. The summed E-state index contributed by atoms with van der Waals surface area (Å²) in [5, 5.41) is 3.12. The Bertz CT molecular complexity index is 773. The largest absolute Gasteiger partial charge is 0.497 e. The highest BCUT2D eigenvalue weighted by molar-refractivity contribution is 6.23. The number of imide groups is 1. The van der Waals surface area contributed by atoms with Gasteiger partial charge in [-0.1, -0.05) is 12.1 Å². The van der Waals surface area contributed by atoms with Crippen LogP contribution in [-0.4, -0.2) is 31.6 Å². The Kier molecular flexibility index (Phi) is 4.88. The lowest BCUT2D eigenvalue weighted by Gasteiger charge is -2.19. The second kappa shape index (κ2) is 7.25. The molecule has 1 fully saturated rings. The minimum Gasteiger partial charge on any atom is -0.497 e. The van der Waals surface area contributed by atoms with Gasteiger partial charge in [-0.15, -0.1) is 0 Å². The number of nitrogens with one attached hydrogen (secondary N) is 1. The number of benzene rings is 2. The molecule has 25 heavy (non-hydrogen) atoms. The van der Waals surface area contributed by atoms with E-state index in [2.05, 4.69) is 5.32 Å². The third-order valence-corrected chi connectivity index (χ3v) is 3.98. The van der Waals surface area contributed by atoms with E-state index in [1.165, 1.54) is 4.90 Å². The zero-order chi connectivity index (χ0) is 17.8. The Labute approximate surface area is 146 Å². The van der Waals surface area contributed by atoms with E-state index in [-0.39, 0.29) is 18.2 Å². The van der Waals surface area contributed by atoms with Crippen LogP contribution in [0.5, 0.6) is 11.5 Å². The van der Waals surface area contributed by atoms with Crippen molar-refractivity contribution in [3.05, 3.63) is 48.5 Å². The lowest BCUT2D eigenvalue weighted by atomic mass is 10.2. The van der Waals surface area contributed by atoms with Gasteiger partial charge in [-0.3, -0.25) is 9.59 Å². The molecule has 2 aromatic rings. The highest BCUT2D eigenvalue weighted by Crippen LogP contribution is 2.33. The number of nitrogens with zero attached hydrogens (tertiary/aromatic N) is 1. The maximum absolute atomic E-state index is 12.8. The van der Waals surface area contributed by atoms with Crippen LogP contribution >= 0.6 is 0 Å². The van der Waals surface area contributed by atoms with Gasteiger partial charge in [0.25, 0.3) is 5.91 Å². The van der Waals surface area contributed by atoms with Crippen LogP contribution in [0, 0.1) is 0 Å². The first-order valence-electron chi connectivity index (χ1n) is 8.13. The quantitative estimate of drug-likeness (QED) is 0.819. The number of hydrogen-bond donors (Lipinski definition) is 1. The fourth-order valence-corrected chi connectivity index (χ4v) is 2.81. The number of ether oxygens (including phenoxy) is 2. The molecular weight excluding hydrogens is 320 g/mol. The van der Waals surface area contributed by atoms with Crippen LogP contribution < -0.4 is 19.7 Å². The van der Waals surface area contributed by atoms with Crippen molar-refractivity contribution in [3.63, 3.8) is 0 Å². The summed E-state index contributed by atoms with van der Waals surface area (Å²) in [6, 6.07) is 13.7. The van der Waals surface area contributed by atoms with Crippen LogP contribution in [0.4, 0.5) is 11.4 Å². The van der Waals surface area contributed by atoms with Crippen molar-refractivity contribution in [3.8, 4) is 11.5 Å². The van der Waals surface area contributed by atoms with E-state index < -0.39 is 6.04 Å². The van der Waals surface area contributed by atoms with E-state index in [0.717, 1.165) is 11.4 Å². The van der Waals surface area contributed by atoms with E-state index in [4.69, 9.17) is 9.47 Å². The average Bonchev–Trinajstić information content (AvgIpc) is 2.90. The van der Waals surface area contributed by atoms with Gasteiger partial charge in [0.2, 0.25) is 5.91 Å². The average molecular weight is 340 g/mol. The Balaban J connectivity index is 1.80. The van der Waals surface area contributed by atoms with Crippen molar-refractivity contribution < 1.29 is 19.1 Å². The number of carbonyl (C=O) groups is 2. The van der Waals surface area contributed by atoms with Crippen molar-refractivity contribution >= 4 is 23.2 Å². The maximum Gasteiger partial charge on any atom is 0.256 e. The normalized spacial score (nSPS) is 16.9. The molecule has 1 aliphatic heterocycles. The summed E-state index contributed by atoms with van der Waals surface area (Å²) in [6.07, 6.45) is 0.103. The standard InChI is InChI=1S/C19H20N2O4/c1-3-25-17-7-5-4-6-16(17)21-18(22)12-15(19(21)23)20-13-8-10-14(24-2)11-9-13/h4-11,15,20H,3,12H2,1-2H3. The molecule has 0 aliphatic carbocycles. The number of para-hydroxylation sites is 2. The Morgan fingerprint density at radius 3 is 2.52 bits per heavy atom. The van der Waals surface area contributed by atoms with Gasteiger partial charge < -0.3 is 14.8 Å². The topological polar surface area (TPSA) is 67.9 Å². The van der Waals surface area contributed by atoms with Crippen LogP contribution in [0.2, 0.25) is 0 Å².